The quantitative estimate of drug-likeness (QED) is 0.341. The molecule has 7 nitrogen and oxygen atoms in total. The zero-order chi connectivity index (χ0) is 28.6. The first kappa shape index (κ1) is 29.9. The minimum atomic E-state index is -4.06. The molecule has 0 spiro atoms. The van der Waals surface area contributed by atoms with Gasteiger partial charge >= 0.3 is 0 Å². The topological polar surface area (TPSA) is 86.8 Å². The molecule has 0 fully saturated rings. The van der Waals surface area contributed by atoms with Crippen molar-refractivity contribution in [1.29, 1.82) is 0 Å². The Balaban J connectivity index is 2.01. The van der Waals surface area contributed by atoms with Gasteiger partial charge in [-0.3, -0.25) is 13.9 Å². The van der Waals surface area contributed by atoms with Crippen molar-refractivity contribution in [2.75, 3.05) is 10.8 Å². The lowest BCUT2D eigenvalue weighted by molar-refractivity contribution is -0.139. The summed E-state index contributed by atoms with van der Waals surface area (Å²) in [5, 5.41) is 2.95. The first-order chi connectivity index (χ1) is 18.6. The molecule has 0 radical (unpaired) electrons. The van der Waals surface area contributed by atoms with Crippen molar-refractivity contribution in [1.82, 2.24) is 10.2 Å². The fraction of sp³-hybridized carbons (Fsp3) is 0.355. The largest absolute Gasteiger partial charge is 0.352 e. The van der Waals surface area contributed by atoms with Crippen molar-refractivity contribution >= 4 is 27.5 Å². The van der Waals surface area contributed by atoms with E-state index in [4.69, 9.17) is 0 Å². The van der Waals surface area contributed by atoms with Crippen LogP contribution in [0.15, 0.2) is 83.8 Å². The molecule has 2 amide bonds. The Hall–Kier alpha value is -3.65. The van der Waals surface area contributed by atoms with Gasteiger partial charge in [-0.05, 0) is 69.0 Å². The highest BCUT2D eigenvalue weighted by atomic mass is 32.2. The van der Waals surface area contributed by atoms with Crippen molar-refractivity contribution in [2.45, 2.75) is 71.0 Å². The Morgan fingerprint density at radius 2 is 1.44 bits per heavy atom. The normalized spacial score (nSPS) is 12.8. The molecule has 0 bridgehead atoms. The third-order valence-electron chi connectivity index (χ3n) is 6.88. The maximum absolute atomic E-state index is 13.9. The van der Waals surface area contributed by atoms with Crippen molar-refractivity contribution in [3.8, 4) is 0 Å². The average molecular weight is 550 g/mol. The second-order valence-corrected chi connectivity index (χ2v) is 11.7. The van der Waals surface area contributed by atoms with E-state index < -0.39 is 28.5 Å². The predicted molar refractivity (Wildman–Crippen MR) is 156 cm³/mol. The zero-order valence-corrected chi connectivity index (χ0v) is 24.2. The van der Waals surface area contributed by atoms with Crippen molar-refractivity contribution in [2.24, 2.45) is 0 Å². The smallest absolute Gasteiger partial charge is 0.264 e. The van der Waals surface area contributed by atoms with E-state index in [1.54, 1.807) is 37.3 Å². The molecule has 3 rings (SSSR count). The second-order valence-electron chi connectivity index (χ2n) is 9.85. The van der Waals surface area contributed by atoms with Crippen molar-refractivity contribution in [3.05, 3.63) is 95.6 Å². The Bertz CT molecular complexity index is 1340. The molecular formula is C31H39N3O4S. The molecule has 39 heavy (non-hydrogen) atoms. The molecule has 0 aliphatic heterocycles. The summed E-state index contributed by atoms with van der Waals surface area (Å²) in [5.74, 6) is -0.754. The second kappa shape index (κ2) is 13.4. The molecule has 2 unspecified atom stereocenters. The molecule has 208 valence electrons. The summed E-state index contributed by atoms with van der Waals surface area (Å²) in [4.78, 5) is 28.6. The van der Waals surface area contributed by atoms with Gasteiger partial charge in [0.05, 0.1) is 10.6 Å². The van der Waals surface area contributed by atoms with Gasteiger partial charge in [-0.1, -0.05) is 74.0 Å². The number of sulfonamides is 1. The summed E-state index contributed by atoms with van der Waals surface area (Å²) in [6, 6.07) is 22.1. The van der Waals surface area contributed by atoms with Crippen LogP contribution in [-0.4, -0.2) is 43.8 Å². The molecule has 0 saturated heterocycles. The van der Waals surface area contributed by atoms with Gasteiger partial charge in [0.15, 0.2) is 0 Å². The highest BCUT2D eigenvalue weighted by Crippen LogP contribution is 2.25. The minimum Gasteiger partial charge on any atom is -0.352 e. The summed E-state index contributed by atoms with van der Waals surface area (Å²) in [7, 11) is -4.06. The number of amides is 2. The number of nitrogens with one attached hydrogen (secondary N) is 1. The summed E-state index contributed by atoms with van der Waals surface area (Å²) in [5.41, 5.74) is 3.37. The van der Waals surface area contributed by atoms with Gasteiger partial charge in [-0.15, -0.1) is 0 Å². The van der Waals surface area contributed by atoms with Gasteiger partial charge in [0.1, 0.15) is 12.6 Å². The molecule has 3 aromatic carbocycles. The van der Waals surface area contributed by atoms with Gasteiger partial charge in [-0.2, -0.15) is 0 Å². The van der Waals surface area contributed by atoms with Gasteiger partial charge < -0.3 is 10.2 Å². The first-order valence-corrected chi connectivity index (χ1v) is 14.8. The molecular weight excluding hydrogens is 510 g/mol. The number of carbonyl (C=O) groups is 2. The predicted octanol–water partition coefficient (Wildman–Crippen LogP) is 5.08. The van der Waals surface area contributed by atoms with Crippen LogP contribution < -0.4 is 9.62 Å². The van der Waals surface area contributed by atoms with Crippen LogP contribution in [0.5, 0.6) is 0 Å². The molecule has 0 aliphatic rings. The van der Waals surface area contributed by atoms with Crippen LogP contribution in [-0.2, 0) is 32.6 Å². The van der Waals surface area contributed by atoms with E-state index in [1.807, 2.05) is 64.1 Å². The van der Waals surface area contributed by atoms with Crippen LogP contribution >= 0.6 is 0 Å². The maximum Gasteiger partial charge on any atom is 0.264 e. The number of rotatable bonds is 12. The Morgan fingerprint density at radius 3 is 2.00 bits per heavy atom. The number of hydrogen-bond acceptors (Lipinski definition) is 4. The van der Waals surface area contributed by atoms with Gasteiger partial charge in [0.2, 0.25) is 11.8 Å². The van der Waals surface area contributed by atoms with E-state index >= 15 is 0 Å². The van der Waals surface area contributed by atoms with Crippen LogP contribution in [0.25, 0.3) is 0 Å². The molecule has 1 N–H and O–H groups in total. The SMILES string of the molecule is CCc1ccc(N(CC(=O)N(Cc2ccc(C)cc2)C(C)C(=O)NC(C)CC)S(=O)(=O)c2ccccc2)cc1. The lowest BCUT2D eigenvalue weighted by Crippen LogP contribution is -2.52. The summed E-state index contributed by atoms with van der Waals surface area (Å²) < 4.78 is 28.7. The number of nitrogens with zero attached hydrogens (tertiary/aromatic N) is 2. The van der Waals surface area contributed by atoms with E-state index in [0.29, 0.717) is 5.69 Å². The van der Waals surface area contributed by atoms with E-state index in [9.17, 15) is 18.0 Å². The molecule has 8 heteroatoms. The molecule has 0 aliphatic carbocycles. The van der Waals surface area contributed by atoms with Crippen LogP contribution in [0.3, 0.4) is 0 Å². The molecule has 2 atom stereocenters. The summed E-state index contributed by atoms with van der Waals surface area (Å²) in [6.45, 7) is 9.27. The minimum absolute atomic E-state index is 0.0525. The first-order valence-electron chi connectivity index (χ1n) is 13.4. The third kappa shape index (κ3) is 7.69. The van der Waals surface area contributed by atoms with Crippen molar-refractivity contribution in [3.63, 3.8) is 0 Å². The zero-order valence-electron chi connectivity index (χ0n) is 23.4. The Kier molecular flexibility index (Phi) is 10.3. The summed E-state index contributed by atoms with van der Waals surface area (Å²) >= 11 is 0. The third-order valence-corrected chi connectivity index (χ3v) is 8.67. The van der Waals surface area contributed by atoms with Crippen LogP contribution in [0, 0.1) is 6.92 Å². The highest BCUT2D eigenvalue weighted by molar-refractivity contribution is 7.92. The Labute approximate surface area is 232 Å². The lowest BCUT2D eigenvalue weighted by Gasteiger charge is -2.32. The van der Waals surface area contributed by atoms with Gasteiger partial charge in [0.25, 0.3) is 10.0 Å². The average Bonchev–Trinajstić information content (AvgIpc) is 2.95. The molecule has 3 aromatic rings. The highest BCUT2D eigenvalue weighted by Gasteiger charge is 2.32. The molecule has 0 heterocycles. The van der Waals surface area contributed by atoms with E-state index in [1.165, 1.54) is 17.0 Å². The fourth-order valence-electron chi connectivity index (χ4n) is 4.08. The van der Waals surface area contributed by atoms with E-state index in [-0.39, 0.29) is 23.4 Å². The van der Waals surface area contributed by atoms with Crippen LogP contribution in [0.4, 0.5) is 5.69 Å². The van der Waals surface area contributed by atoms with E-state index in [2.05, 4.69) is 5.32 Å². The van der Waals surface area contributed by atoms with Crippen LogP contribution in [0.2, 0.25) is 0 Å². The number of anilines is 1. The standard InChI is InChI=1S/C31H39N3O4S/c1-6-24(4)32-31(36)25(5)33(21-27-15-13-23(3)14-16-27)30(35)22-34(28-19-17-26(7-2)18-20-28)39(37,38)29-11-9-8-10-12-29/h8-20,24-25H,6-7,21-22H2,1-5H3,(H,32,36). The van der Waals surface area contributed by atoms with Crippen LogP contribution in [0.1, 0.15) is 50.8 Å². The van der Waals surface area contributed by atoms with Gasteiger partial charge in [-0.25, -0.2) is 8.42 Å². The molecule has 0 saturated carbocycles. The fourth-order valence-corrected chi connectivity index (χ4v) is 5.52. The monoisotopic (exact) mass is 549 g/mol. The van der Waals surface area contributed by atoms with Crippen molar-refractivity contribution < 1.29 is 18.0 Å². The maximum atomic E-state index is 13.9. The number of benzene rings is 3. The molecule has 0 aromatic heterocycles. The Morgan fingerprint density at radius 1 is 0.846 bits per heavy atom. The number of aryl methyl sites for hydroxylation is 2. The van der Waals surface area contributed by atoms with E-state index in [0.717, 1.165) is 33.8 Å². The number of hydrogen-bond donors (Lipinski definition) is 1. The van der Waals surface area contributed by atoms with Gasteiger partial charge in [0, 0.05) is 12.6 Å². The summed E-state index contributed by atoms with van der Waals surface area (Å²) in [6.07, 6.45) is 1.55. The number of carbonyl (C=O) groups excluding carboxylic acids is 2. The lowest BCUT2D eigenvalue weighted by atomic mass is 10.1.